The third-order valence-corrected chi connectivity index (χ3v) is 0. The van der Waals surface area contributed by atoms with Crippen LogP contribution < -0.4 is 0 Å². The largest absolute Gasteiger partial charge is 0 e. The van der Waals surface area contributed by atoms with Gasteiger partial charge in [0.15, 0.2) is 0 Å². The van der Waals surface area contributed by atoms with Crippen LogP contribution in [0.25, 0.3) is 0 Å². The molecular formula is H4HfLaPbSnZr. The molecule has 0 fully saturated rings. The van der Waals surface area contributed by atoms with Gasteiger partial charge < -0.3 is 0 Å². The van der Waals surface area contributed by atoms with Crippen molar-refractivity contribution < 1.29 is 87.6 Å². The summed E-state index contributed by atoms with van der Waals surface area (Å²) < 4.78 is 0. The molecule has 0 aliphatic heterocycles. The number of hydrogen-bond donors (Lipinski definition) is 0. The molecule has 0 rings (SSSR count). The molecule has 0 atom stereocenters. The molecule has 0 aliphatic rings. The average molecular weight is 739 g/mol. The van der Waals surface area contributed by atoms with Gasteiger partial charge in [0.05, 0.1) is 0 Å². The molecule has 0 aromatic carbocycles. The molecule has 0 unspecified atom stereocenters. The van der Waals surface area contributed by atoms with Crippen molar-refractivity contribution in [2.45, 2.75) is 0 Å². The summed E-state index contributed by atoms with van der Waals surface area (Å²) in [7, 11) is 0. The van der Waals surface area contributed by atoms with Crippen LogP contribution in [0.1, 0.15) is 0 Å². The van der Waals surface area contributed by atoms with Crippen molar-refractivity contribution >= 4 is 51.2 Å². The smallest absolute Gasteiger partial charge is 0 e. The molecule has 0 saturated carbocycles. The van der Waals surface area contributed by atoms with Gasteiger partial charge in [0.2, 0.25) is 0 Å². The molecule has 0 N–H and O–H groups in total. The van der Waals surface area contributed by atoms with Crippen LogP contribution in [0.4, 0.5) is 0 Å². The van der Waals surface area contributed by atoms with Gasteiger partial charge in [-0.05, 0) is 0 Å². The van der Waals surface area contributed by atoms with Crippen molar-refractivity contribution in [3.05, 3.63) is 0 Å². The van der Waals surface area contributed by atoms with Crippen LogP contribution in [0.2, 0.25) is 0 Å². The van der Waals surface area contributed by atoms with Crippen molar-refractivity contribution in [2.75, 3.05) is 0 Å². The molecule has 0 saturated heterocycles. The Bertz CT molecular complexity index is 11.6. The fourth-order valence-corrected chi connectivity index (χ4v) is 0. The fraction of sp³-hybridized carbons (Fsp3) is 0. The molecule has 0 spiro atoms. The number of hydrogen-bond acceptors (Lipinski definition) is 0. The Kier molecular flexibility index (Phi) is 156. The molecule has 0 bridgehead atoms. The third kappa shape index (κ3) is 17.7. The van der Waals surface area contributed by atoms with Crippen molar-refractivity contribution in [2.24, 2.45) is 0 Å². The van der Waals surface area contributed by atoms with Crippen LogP contribution in [0.15, 0.2) is 0 Å². The standard InChI is InChI=1S/Hf.La.Pb.Sn.Zr.4H. The molecule has 0 amide bonds. The van der Waals surface area contributed by atoms with Crippen molar-refractivity contribution in [1.29, 1.82) is 0 Å². The molecule has 0 aliphatic carbocycles. The second-order valence-corrected chi connectivity index (χ2v) is 0. The van der Waals surface area contributed by atoms with Gasteiger partial charge in [-0.25, -0.2) is 0 Å². The molecule has 0 aromatic heterocycles. The molecule has 5 radical (unpaired) electrons. The van der Waals surface area contributed by atoms with Crippen molar-refractivity contribution in [3.63, 3.8) is 0 Å². The van der Waals surface area contributed by atoms with Gasteiger partial charge in [-0.3, -0.25) is 0 Å². The second-order valence-electron chi connectivity index (χ2n) is 0. The minimum atomic E-state index is 0. The Morgan fingerprint density at radius 1 is 1.00 bits per heavy atom. The molecular weight excluding hydrogens is 735 g/mol. The van der Waals surface area contributed by atoms with E-state index in [-0.39, 0.29) is 139 Å². The van der Waals surface area contributed by atoms with E-state index >= 15 is 0 Å². The Labute approximate surface area is 135 Å². The van der Waals surface area contributed by atoms with E-state index < -0.39 is 0 Å². The van der Waals surface area contributed by atoms with Crippen LogP contribution >= 0.6 is 0 Å². The molecule has 0 nitrogen and oxygen atoms in total. The molecule has 0 heterocycles. The molecule has 5 heavy (non-hydrogen) atoms. The van der Waals surface area contributed by atoms with Gasteiger partial charge >= 0.3 is 51.2 Å². The van der Waals surface area contributed by atoms with Crippen LogP contribution in [-0.2, 0) is 52.0 Å². The van der Waals surface area contributed by atoms with Crippen LogP contribution in [0.3, 0.4) is 0 Å². The zero-order valence-electron chi connectivity index (χ0n) is 2.99. The zero-order valence-corrected chi connectivity index (χ0v) is 22.2. The van der Waals surface area contributed by atoms with Gasteiger partial charge in [0, 0.05) is 87.6 Å². The topological polar surface area (TPSA) is 0 Å². The first kappa shape index (κ1) is 33.3. The normalized spacial score (nSPS) is 0. The Hall–Kier alpha value is 4.67. The van der Waals surface area contributed by atoms with Gasteiger partial charge in [-0.15, -0.1) is 0 Å². The summed E-state index contributed by atoms with van der Waals surface area (Å²) in [6.45, 7) is 0. The Balaban J connectivity index is 0. The Morgan fingerprint density at radius 3 is 1.00 bits per heavy atom. The Morgan fingerprint density at radius 2 is 1.00 bits per heavy atom. The van der Waals surface area contributed by atoms with Crippen molar-refractivity contribution in [3.8, 4) is 0 Å². The zero-order chi connectivity index (χ0) is 0. The fourth-order valence-electron chi connectivity index (χ4n) is 0. The monoisotopic (exact) mass is 741 g/mol. The maximum absolute atomic E-state index is 0. The van der Waals surface area contributed by atoms with E-state index in [0.29, 0.717) is 0 Å². The van der Waals surface area contributed by atoms with Gasteiger partial charge in [0.25, 0.3) is 0 Å². The maximum Gasteiger partial charge on any atom is 0 e. The third-order valence-electron chi connectivity index (χ3n) is 0. The van der Waals surface area contributed by atoms with Gasteiger partial charge in [-0.1, -0.05) is 0 Å². The first-order chi connectivity index (χ1) is 0. The van der Waals surface area contributed by atoms with E-state index in [1.54, 1.807) is 0 Å². The molecule has 23 valence electrons. The first-order valence-corrected chi connectivity index (χ1v) is 0. The van der Waals surface area contributed by atoms with E-state index in [9.17, 15) is 0 Å². The van der Waals surface area contributed by atoms with Crippen LogP contribution in [0.5, 0.6) is 0 Å². The summed E-state index contributed by atoms with van der Waals surface area (Å²) in [6, 6.07) is 0. The average Bonchev–Trinajstić information content (AvgIpc) is 0. The predicted octanol–water partition coefficient (Wildman–Crippen LogP) is -1.84. The van der Waals surface area contributed by atoms with Crippen LogP contribution in [0, 0.1) is 35.6 Å². The first-order valence-electron chi connectivity index (χ1n) is 0. The summed E-state index contributed by atoms with van der Waals surface area (Å²) in [5, 5.41) is 0. The minimum Gasteiger partial charge on any atom is 0 e. The van der Waals surface area contributed by atoms with Gasteiger partial charge in [-0.2, -0.15) is 0 Å². The van der Waals surface area contributed by atoms with Gasteiger partial charge in [0.1, 0.15) is 0 Å². The second kappa shape index (κ2) is 23.4. The maximum atomic E-state index is 0. The quantitative estimate of drug-likeness (QED) is 0.257. The SMILES string of the molecule is [Hf].[La].[PbH2].[SnH2].[Zr]. The summed E-state index contributed by atoms with van der Waals surface area (Å²) in [6.07, 6.45) is 0. The minimum absolute atomic E-state index is 0. The summed E-state index contributed by atoms with van der Waals surface area (Å²) in [5.41, 5.74) is 0. The van der Waals surface area contributed by atoms with Crippen molar-refractivity contribution in [1.82, 2.24) is 0 Å². The summed E-state index contributed by atoms with van der Waals surface area (Å²) >= 11 is 0. The summed E-state index contributed by atoms with van der Waals surface area (Å²) in [4.78, 5) is 0. The van der Waals surface area contributed by atoms with E-state index in [2.05, 4.69) is 0 Å². The molecule has 5 heteroatoms. The van der Waals surface area contributed by atoms with E-state index in [0.717, 1.165) is 0 Å². The number of rotatable bonds is 0. The summed E-state index contributed by atoms with van der Waals surface area (Å²) in [5.74, 6) is 0. The molecule has 0 aromatic rings. The van der Waals surface area contributed by atoms with E-state index in [1.807, 2.05) is 0 Å². The van der Waals surface area contributed by atoms with E-state index in [1.165, 1.54) is 0 Å². The van der Waals surface area contributed by atoms with E-state index in [4.69, 9.17) is 0 Å². The predicted molar refractivity (Wildman–Crippen MR) is 17.1 cm³/mol. The van der Waals surface area contributed by atoms with Crippen LogP contribution in [-0.4, -0.2) is 51.2 Å².